The Morgan fingerprint density at radius 3 is 2.43 bits per heavy atom. The SMILES string of the molecule is Cc1cc(Nc2ccccc2C(F)(F)F)nc(N2CCC3(CC2)OCCO3)n1. The zero-order valence-electron chi connectivity index (χ0n) is 15.4. The van der Waals surface area contributed by atoms with E-state index in [2.05, 4.69) is 15.3 Å². The molecule has 2 aromatic rings. The minimum absolute atomic E-state index is 0.0376. The van der Waals surface area contributed by atoms with Crippen molar-refractivity contribution in [1.82, 2.24) is 9.97 Å². The smallest absolute Gasteiger partial charge is 0.347 e. The van der Waals surface area contributed by atoms with Gasteiger partial charge < -0.3 is 19.7 Å². The van der Waals surface area contributed by atoms with Crippen molar-refractivity contribution in [3.8, 4) is 0 Å². The number of ether oxygens (including phenoxy) is 2. The molecular weight excluding hydrogens is 373 g/mol. The van der Waals surface area contributed by atoms with Gasteiger partial charge >= 0.3 is 6.18 Å². The molecule has 2 fully saturated rings. The summed E-state index contributed by atoms with van der Waals surface area (Å²) in [5, 5.41) is 2.80. The normalized spacial score (nSPS) is 19.2. The van der Waals surface area contributed by atoms with E-state index in [-0.39, 0.29) is 5.69 Å². The Kier molecular flexibility index (Phi) is 4.88. The monoisotopic (exact) mass is 394 g/mol. The Morgan fingerprint density at radius 2 is 1.75 bits per heavy atom. The van der Waals surface area contributed by atoms with Crippen LogP contribution < -0.4 is 10.2 Å². The van der Waals surface area contributed by atoms with Crippen molar-refractivity contribution in [2.75, 3.05) is 36.5 Å². The van der Waals surface area contributed by atoms with E-state index in [1.54, 1.807) is 19.1 Å². The van der Waals surface area contributed by atoms with E-state index in [9.17, 15) is 13.2 Å². The van der Waals surface area contributed by atoms with Gasteiger partial charge in [-0.25, -0.2) is 4.98 Å². The molecule has 4 rings (SSSR count). The molecule has 1 N–H and O–H groups in total. The number of hydrogen-bond acceptors (Lipinski definition) is 6. The van der Waals surface area contributed by atoms with Crippen molar-refractivity contribution in [3.63, 3.8) is 0 Å². The molecule has 2 aliphatic heterocycles. The Morgan fingerprint density at radius 1 is 1.07 bits per heavy atom. The molecule has 0 unspecified atom stereocenters. The molecule has 0 aliphatic carbocycles. The van der Waals surface area contributed by atoms with Crippen LogP contribution in [0.1, 0.15) is 24.1 Å². The molecule has 0 saturated carbocycles. The Hall–Kier alpha value is -2.39. The number of anilines is 3. The number of alkyl halides is 3. The van der Waals surface area contributed by atoms with E-state index in [0.717, 1.165) is 6.07 Å². The van der Waals surface area contributed by atoms with Gasteiger partial charge in [0, 0.05) is 37.7 Å². The molecule has 3 heterocycles. The fourth-order valence-corrected chi connectivity index (χ4v) is 3.57. The van der Waals surface area contributed by atoms with Gasteiger partial charge in [0.1, 0.15) is 5.82 Å². The molecule has 1 spiro atoms. The summed E-state index contributed by atoms with van der Waals surface area (Å²) in [4.78, 5) is 10.9. The van der Waals surface area contributed by atoms with Crippen LogP contribution in [-0.2, 0) is 15.7 Å². The summed E-state index contributed by atoms with van der Waals surface area (Å²) < 4.78 is 51.2. The Bertz CT molecular complexity index is 843. The quantitative estimate of drug-likeness (QED) is 0.852. The second kappa shape index (κ2) is 7.21. The third kappa shape index (κ3) is 3.90. The van der Waals surface area contributed by atoms with Crippen LogP contribution in [0.5, 0.6) is 0 Å². The second-order valence-corrected chi connectivity index (χ2v) is 6.96. The molecule has 150 valence electrons. The number of nitrogens with zero attached hydrogens (tertiary/aromatic N) is 3. The average Bonchev–Trinajstić information content (AvgIpc) is 3.09. The molecule has 1 aromatic heterocycles. The van der Waals surface area contributed by atoms with Crippen molar-refractivity contribution in [3.05, 3.63) is 41.6 Å². The molecule has 2 aliphatic rings. The number of nitrogens with one attached hydrogen (secondary N) is 1. The molecule has 28 heavy (non-hydrogen) atoms. The molecule has 9 heteroatoms. The average molecular weight is 394 g/mol. The summed E-state index contributed by atoms with van der Waals surface area (Å²) in [7, 11) is 0. The zero-order valence-corrected chi connectivity index (χ0v) is 15.4. The Balaban J connectivity index is 1.54. The van der Waals surface area contributed by atoms with Gasteiger partial charge in [-0.3, -0.25) is 0 Å². The zero-order chi connectivity index (χ0) is 19.8. The van der Waals surface area contributed by atoms with E-state index >= 15 is 0 Å². The molecule has 0 atom stereocenters. The Labute approximate surface area is 160 Å². The third-order valence-corrected chi connectivity index (χ3v) is 4.96. The molecule has 0 amide bonds. The van der Waals surface area contributed by atoms with Crippen LogP contribution in [0.3, 0.4) is 0 Å². The number of para-hydroxylation sites is 1. The number of aryl methyl sites for hydroxylation is 1. The molecule has 0 bridgehead atoms. The number of benzene rings is 1. The van der Waals surface area contributed by atoms with Crippen molar-refractivity contribution in [1.29, 1.82) is 0 Å². The van der Waals surface area contributed by atoms with Crippen LogP contribution in [0.15, 0.2) is 30.3 Å². The van der Waals surface area contributed by atoms with Crippen LogP contribution in [0.25, 0.3) is 0 Å². The molecule has 0 radical (unpaired) electrons. The minimum atomic E-state index is -4.45. The van der Waals surface area contributed by atoms with Gasteiger partial charge in [-0.2, -0.15) is 18.2 Å². The van der Waals surface area contributed by atoms with Gasteiger partial charge in [-0.15, -0.1) is 0 Å². The highest BCUT2D eigenvalue weighted by atomic mass is 19.4. The lowest BCUT2D eigenvalue weighted by molar-refractivity contribution is -0.169. The standard InChI is InChI=1S/C19H21F3N4O2/c1-13-12-16(24-15-5-3-2-4-14(15)19(20,21)22)25-17(23-13)26-8-6-18(7-9-26)27-10-11-28-18/h2-5,12H,6-11H2,1H3,(H,23,24,25). The fraction of sp³-hybridized carbons (Fsp3) is 0.474. The maximum Gasteiger partial charge on any atom is 0.418 e. The second-order valence-electron chi connectivity index (χ2n) is 6.96. The minimum Gasteiger partial charge on any atom is -0.347 e. The predicted molar refractivity (Wildman–Crippen MR) is 97.6 cm³/mol. The fourth-order valence-electron chi connectivity index (χ4n) is 3.57. The van der Waals surface area contributed by atoms with E-state index in [0.29, 0.717) is 56.6 Å². The van der Waals surface area contributed by atoms with E-state index in [4.69, 9.17) is 9.47 Å². The molecular formula is C19H21F3N4O2. The van der Waals surface area contributed by atoms with E-state index in [1.807, 2.05) is 4.90 Å². The highest BCUT2D eigenvalue weighted by molar-refractivity contribution is 5.62. The summed E-state index contributed by atoms with van der Waals surface area (Å²) in [5.74, 6) is 0.306. The first-order chi connectivity index (χ1) is 13.3. The lowest BCUT2D eigenvalue weighted by atomic mass is 10.0. The lowest BCUT2D eigenvalue weighted by Gasteiger charge is -2.37. The van der Waals surface area contributed by atoms with Crippen molar-refractivity contribution in [2.24, 2.45) is 0 Å². The van der Waals surface area contributed by atoms with Crippen LogP contribution in [0, 0.1) is 6.92 Å². The molecule has 2 saturated heterocycles. The maximum absolute atomic E-state index is 13.2. The summed E-state index contributed by atoms with van der Waals surface area (Å²) in [6, 6.07) is 6.98. The topological polar surface area (TPSA) is 59.5 Å². The first kappa shape index (κ1) is 18.9. The van der Waals surface area contributed by atoms with Crippen molar-refractivity contribution in [2.45, 2.75) is 31.7 Å². The predicted octanol–water partition coefficient (Wildman–Crippen LogP) is 3.89. The van der Waals surface area contributed by atoms with Crippen LogP contribution in [0.4, 0.5) is 30.6 Å². The van der Waals surface area contributed by atoms with Crippen molar-refractivity contribution < 1.29 is 22.6 Å². The third-order valence-electron chi connectivity index (χ3n) is 4.96. The van der Waals surface area contributed by atoms with Crippen LogP contribution in [0.2, 0.25) is 0 Å². The highest BCUT2D eigenvalue weighted by Crippen LogP contribution is 2.36. The molecule has 1 aromatic carbocycles. The van der Waals surface area contributed by atoms with Gasteiger partial charge in [-0.1, -0.05) is 12.1 Å². The first-order valence-corrected chi connectivity index (χ1v) is 9.16. The summed E-state index contributed by atoms with van der Waals surface area (Å²) >= 11 is 0. The highest BCUT2D eigenvalue weighted by Gasteiger charge is 2.40. The summed E-state index contributed by atoms with van der Waals surface area (Å²) in [6.45, 7) is 4.31. The largest absolute Gasteiger partial charge is 0.418 e. The number of rotatable bonds is 3. The van der Waals surface area contributed by atoms with Crippen LogP contribution >= 0.6 is 0 Å². The number of aromatic nitrogens is 2. The van der Waals surface area contributed by atoms with Gasteiger partial charge in [0.05, 0.1) is 24.5 Å². The van der Waals surface area contributed by atoms with Gasteiger partial charge in [0.25, 0.3) is 0 Å². The summed E-state index contributed by atoms with van der Waals surface area (Å²) in [5.41, 5.74) is -0.0988. The van der Waals surface area contributed by atoms with Gasteiger partial charge in [-0.05, 0) is 19.1 Å². The maximum atomic E-state index is 13.2. The summed E-state index contributed by atoms with van der Waals surface area (Å²) in [6.07, 6.45) is -3.05. The lowest BCUT2D eigenvalue weighted by Crippen LogP contribution is -2.45. The van der Waals surface area contributed by atoms with Gasteiger partial charge in [0.15, 0.2) is 5.79 Å². The van der Waals surface area contributed by atoms with E-state index < -0.39 is 17.5 Å². The molecule has 6 nitrogen and oxygen atoms in total. The number of halogens is 3. The number of hydrogen-bond donors (Lipinski definition) is 1. The van der Waals surface area contributed by atoms with Crippen LogP contribution in [-0.4, -0.2) is 42.1 Å². The van der Waals surface area contributed by atoms with Crippen molar-refractivity contribution >= 4 is 17.5 Å². The first-order valence-electron chi connectivity index (χ1n) is 9.16. The number of piperidine rings is 1. The van der Waals surface area contributed by atoms with Gasteiger partial charge in [0.2, 0.25) is 5.95 Å². The van der Waals surface area contributed by atoms with E-state index in [1.165, 1.54) is 12.1 Å².